The molecular formula is C50H67N13O9S2. The van der Waals surface area contributed by atoms with Gasteiger partial charge in [-0.05, 0) is 75.1 Å². The standard InChI is InChI=1S/C44H49N13O9S2.3C2H6/c1-6-57-30(16-23(2)51-57)41(63)50-44-47-27-18-25(38(45)60)20-31(65-5)36(27)55(44)12-7-8-13-56-37-28(48-43(56)49-40(62)29-17-24(3)68-52-29)19-26(39(46)61)21-32(37)66-15-9-11-53(4)34(58)10-14-54-35(59)22-33(67)42(54)64;3*1-2/h7-8,16-21,33,67H,6,9-15,22H2,1-5H3,(H2,45,60)(H2,46,61)(H,47,50,63)(H,48,49,62);3*1-2H3/b8-7+;;;. The number of nitrogens with one attached hydrogen (secondary N) is 2. The van der Waals surface area contributed by atoms with Crippen LogP contribution >= 0.6 is 24.2 Å². The fourth-order valence-electron chi connectivity index (χ4n) is 7.60. The zero-order valence-electron chi connectivity index (χ0n) is 43.8. The summed E-state index contributed by atoms with van der Waals surface area (Å²) in [5.41, 5.74) is 14.2. The molecule has 0 saturated carbocycles. The lowest BCUT2D eigenvalue weighted by molar-refractivity contribution is -0.139. The number of imidazole rings is 2. The highest BCUT2D eigenvalue weighted by Gasteiger charge is 2.36. The Morgan fingerprint density at radius 3 is 1.89 bits per heavy atom. The number of nitrogens with two attached hydrogens (primary N) is 2. The van der Waals surface area contributed by atoms with Crippen LogP contribution in [-0.2, 0) is 34.0 Å². The Balaban J connectivity index is 0.00000191. The van der Waals surface area contributed by atoms with Crippen molar-refractivity contribution in [1.82, 2.24) is 43.1 Å². The maximum absolute atomic E-state index is 13.7. The van der Waals surface area contributed by atoms with Gasteiger partial charge in [-0.1, -0.05) is 53.7 Å². The monoisotopic (exact) mass is 1060 g/mol. The van der Waals surface area contributed by atoms with E-state index in [9.17, 15) is 33.6 Å². The number of aryl methyl sites for hydroxylation is 3. The Bertz CT molecular complexity index is 3030. The van der Waals surface area contributed by atoms with Crippen LogP contribution in [0.5, 0.6) is 11.5 Å². The minimum atomic E-state index is -0.748. The number of imide groups is 1. The van der Waals surface area contributed by atoms with Gasteiger partial charge in [-0.2, -0.15) is 22.1 Å². The molecule has 1 aliphatic heterocycles. The molecule has 1 fully saturated rings. The van der Waals surface area contributed by atoms with E-state index < -0.39 is 34.8 Å². The number of aromatic nitrogens is 7. The number of nitrogens with zero attached hydrogens (tertiary/aromatic N) is 9. The number of thiol groups is 1. The number of carbonyl (C=O) groups is 7. The van der Waals surface area contributed by atoms with Gasteiger partial charge in [0, 0.05) is 68.6 Å². The van der Waals surface area contributed by atoms with Gasteiger partial charge in [-0.3, -0.25) is 53.8 Å². The third kappa shape index (κ3) is 13.9. The maximum Gasteiger partial charge on any atom is 0.277 e. The number of primary amides is 2. The molecule has 74 heavy (non-hydrogen) atoms. The summed E-state index contributed by atoms with van der Waals surface area (Å²) in [7, 11) is 3.04. The van der Waals surface area contributed by atoms with Gasteiger partial charge in [0.25, 0.3) is 11.8 Å². The fourth-order valence-corrected chi connectivity index (χ4v) is 8.44. The predicted molar refractivity (Wildman–Crippen MR) is 288 cm³/mol. The number of hydrogen-bond acceptors (Lipinski definition) is 15. The van der Waals surface area contributed by atoms with Gasteiger partial charge in [0.1, 0.15) is 33.9 Å². The number of allylic oxidation sites excluding steroid dienone is 2. The van der Waals surface area contributed by atoms with Crippen LogP contribution in [-0.4, -0.2) is 124 Å². The summed E-state index contributed by atoms with van der Waals surface area (Å²) in [6, 6.07) is 9.25. The number of ether oxygens (including phenoxy) is 2. The highest BCUT2D eigenvalue weighted by atomic mass is 32.1. The van der Waals surface area contributed by atoms with Gasteiger partial charge < -0.3 is 35.0 Å². The summed E-state index contributed by atoms with van der Waals surface area (Å²) < 4.78 is 21.1. The molecule has 5 heterocycles. The minimum absolute atomic E-state index is 0.00240. The van der Waals surface area contributed by atoms with Crippen molar-refractivity contribution in [3.8, 4) is 11.5 Å². The molecule has 1 saturated heterocycles. The first-order valence-electron chi connectivity index (χ1n) is 24.3. The molecule has 1 unspecified atom stereocenters. The van der Waals surface area contributed by atoms with E-state index in [1.54, 1.807) is 52.1 Å². The second-order valence-corrected chi connectivity index (χ2v) is 17.4. The van der Waals surface area contributed by atoms with E-state index >= 15 is 0 Å². The minimum Gasteiger partial charge on any atom is -0.494 e. The molecule has 0 bridgehead atoms. The molecule has 398 valence electrons. The topological polar surface area (TPSA) is 287 Å². The van der Waals surface area contributed by atoms with Crippen LogP contribution in [0.4, 0.5) is 11.9 Å². The van der Waals surface area contributed by atoms with Crippen molar-refractivity contribution in [2.45, 2.75) is 106 Å². The molecule has 6 N–H and O–H groups in total. The van der Waals surface area contributed by atoms with Crippen molar-refractivity contribution < 1.29 is 43.0 Å². The van der Waals surface area contributed by atoms with E-state index in [1.807, 2.05) is 55.4 Å². The van der Waals surface area contributed by atoms with Gasteiger partial charge in [0.15, 0.2) is 0 Å². The zero-order valence-corrected chi connectivity index (χ0v) is 45.5. The molecule has 4 aromatic heterocycles. The van der Waals surface area contributed by atoms with E-state index in [4.69, 9.17) is 25.9 Å². The largest absolute Gasteiger partial charge is 0.494 e. The molecular weight excluding hydrogens is 991 g/mol. The number of amides is 7. The molecule has 1 aliphatic rings. The van der Waals surface area contributed by atoms with Gasteiger partial charge in [-0.15, -0.1) is 0 Å². The van der Waals surface area contributed by atoms with Crippen LogP contribution in [0.15, 0.2) is 48.6 Å². The normalized spacial score (nSPS) is 12.9. The van der Waals surface area contributed by atoms with Crippen molar-refractivity contribution in [1.29, 1.82) is 0 Å². The SMILES string of the molecule is CC.CC.CC.CCn1nc(C)cc1C(=O)Nc1nc2cc(C(N)=O)cc(OC)c2n1C/C=C/Cn1c(NC(=O)c2cc(C)sn2)nc2cc(C(N)=O)cc(OCCCN(C)C(=O)CCN3C(=O)CC(S)C3=O)c21. The lowest BCUT2D eigenvalue weighted by atomic mass is 10.1. The Morgan fingerprint density at radius 1 is 0.838 bits per heavy atom. The van der Waals surface area contributed by atoms with Crippen LogP contribution in [0.2, 0.25) is 0 Å². The van der Waals surface area contributed by atoms with Crippen molar-refractivity contribution in [3.63, 3.8) is 0 Å². The van der Waals surface area contributed by atoms with Crippen molar-refractivity contribution >= 4 is 99.5 Å². The first kappa shape index (κ1) is 59.0. The quantitative estimate of drug-likeness (QED) is 0.0240. The Labute approximate surface area is 439 Å². The average molecular weight is 1060 g/mol. The number of fused-ring (bicyclic) bond motifs is 2. The van der Waals surface area contributed by atoms with Crippen LogP contribution in [0.1, 0.15) is 120 Å². The summed E-state index contributed by atoms with van der Waals surface area (Å²) in [6.07, 6.45) is 3.86. The summed E-state index contributed by atoms with van der Waals surface area (Å²) >= 11 is 5.30. The van der Waals surface area contributed by atoms with E-state index in [0.717, 1.165) is 21.3 Å². The molecule has 6 aromatic rings. The fraction of sp³-hybridized carbons (Fsp3) is 0.420. The van der Waals surface area contributed by atoms with Crippen molar-refractivity contribution in [3.05, 3.63) is 81.6 Å². The van der Waals surface area contributed by atoms with Crippen molar-refractivity contribution in [2.75, 3.05) is 44.5 Å². The number of likely N-dealkylation sites (tertiary alicyclic amines) is 1. The summed E-state index contributed by atoms with van der Waals surface area (Å²) in [5.74, 6) is -2.78. The van der Waals surface area contributed by atoms with Gasteiger partial charge in [0.05, 0.1) is 35.7 Å². The lowest BCUT2D eigenvalue weighted by Gasteiger charge is -2.20. The third-order valence-electron chi connectivity index (χ3n) is 11.0. The van der Waals surface area contributed by atoms with E-state index in [2.05, 4.69) is 37.7 Å². The first-order valence-corrected chi connectivity index (χ1v) is 25.6. The second-order valence-electron chi connectivity index (χ2n) is 15.8. The van der Waals surface area contributed by atoms with Crippen LogP contribution < -0.4 is 31.6 Å². The van der Waals surface area contributed by atoms with E-state index in [-0.39, 0.29) is 103 Å². The first-order chi connectivity index (χ1) is 35.5. The molecule has 0 aliphatic carbocycles. The molecule has 1 atom stereocenters. The summed E-state index contributed by atoms with van der Waals surface area (Å²) in [6.45, 7) is 18.4. The summed E-state index contributed by atoms with van der Waals surface area (Å²) in [4.78, 5) is 102. The number of benzene rings is 2. The molecule has 7 rings (SSSR count). The third-order valence-corrected chi connectivity index (χ3v) is 12.1. The highest BCUT2D eigenvalue weighted by Crippen LogP contribution is 2.33. The number of hydrogen-bond donors (Lipinski definition) is 5. The number of carbonyl (C=O) groups excluding carboxylic acids is 7. The van der Waals surface area contributed by atoms with Gasteiger partial charge in [-0.25, -0.2) is 9.97 Å². The molecule has 22 nitrogen and oxygen atoms in total. The van der Waals surface area contributed by atoms with Crippen LogP contribution in [0.25, 0.3) is 22.1 Å². The average Bonchev–Trinajstić information content (AvgIpc) is 4.22. The number of rotatable bonds is 20. The van der Waals surface area contributed by atoms with E-state index in [1.165, 1.54) is 36.3 Å². The van der Waals surface area contributed by atoms with E-state index in [0.29, 0.717) is 40.9 Å². The van der Waals surface area contributed by atoms with Crippen LogP contribution in [0, 0.1) is 13.8 Å². The van der Waals surface area contributed by atoms with Gasteiger partial charge >= 0.3 is 0 Å². The second kappa shape index (κ2) is 27.5. The predicted octanol–water partition coefficient (Wildman–Crippen LogP) is 6.40. The molecule has 0 radical (unpaired) electrons. The molecule has 2 aromatic carbocycles. The molecule has 0 spiro atoms. The zero-order chi connectivity index (χ0) is 55.0. The number of methoxy groups -OCH3 is 1. The smallest absolute Gasteiger partial charge is 0.277 e. The molecule has 7 amide bonds. The lowest BCUT2D eigenvalue weighted by Crippen LogP contribution is -2.36. The highest BCUT2D eigenvalue weighted by molar-refractivity contribution is 7.81. The summed E-state index contributed by atoms with van der Waals surface area (Å²) in [5, 5.41) is 9.41. The van der Waals surface area contributed by atoms with Crippen LogP contribution in [0.3, 0.4) is 0 Å². The molecule has 24 heteroatoms. The number of anilines is 2. The van der Waals surface area contributed by atoms with Crippen molar-refractivity contribution in [2.24, 2.45) is 11.5 Å². The Kier molecular flexibility index (Phi) is 21.9. The Hall–Kier alpha value is -7.60. The Morgan fingerprint density at radius 2 is 1.39 bits per heavy atom. The van der Waals surface area contributed by atoms with Gasteiger partial charge in [0.2, 0.25) is 41.4 Å². The maximum atomic E-state index is 13.7.